The van der Waals surface area contributed by atoms with Gasteiger partial charge in [0.2, 0.25) is 5.91 Å². The number of halogens is 2. The Kier molecular flexibility index (Phi) is 3.62. The van der Waals surface area contributed by atoms with E-state index in [2.05, 4.69) is 5.32 Å². The third kappa shape index (κ3) is 2.90. The van der Waals surface area contributed by atoms with Gasteiger partial charge in [0, 0.05) is 17.4 Å². The Morgan fingerprint density at radius 1 is 1.19 bits per heavy atom. The number of rotatable bonds is 3. The van der Waals surface area contributed by atoms with Crippen LogP contribution in [0.4, 0.5) is 10.1 Å². The number of aromatic nitrogens is 1. The number of anilines is 1. The van der Waals surface area contributed by atoms with Crippen LogP contribution >= 0.6 is 11.6 Å². The van der Waals surface area contributed by atoms with Crippen molar-refractivity contribution in [3.05, 3.63) is 65.6 Å². The predicted octanol–water partition coefficient (Wildman–Crippen LogP) is 4.07. The number of nitrogens with zero attached hydrogens (tertiary/aromatic N) is 1. The molecule has 0 saturated heterocycles. The van der Waals surface area contributed by atoms with E-state index in [4.69, 9.17) is 11.6 Å². The van der Waals surface area contributed by atoms with Crippen molar-refractivity contribution in [3.63, 3.8) is 0 Å². The number of benzene rings is 2. The molecule has 21 heavy (non-hydrogen) atoms. The molecule has 106 valence electrons. The zero-order valence-electron chi connectivity index (χ0n) is 11.0. The maximum Gasteiger partial charge on any atom is 0.244 e. The van der Waals surface area contributed by atoms with Crippen LogP contribution in [0.1, 0.15) is 0 Å². The number of nitrogens with one attached hydrogen (secondary N) is 1. The molecule has 1 aromatic heterocycles. The molecule has 0 aliphatic rings. The summed E-state index contributed by atoms with van der Waals surface area (Å²) in [6.07, 6.45) is 1.86. The summed E-state index contributed by atoms with van der Waals surface area (Å²) in [5.74, 6) is -0.704. The molecule has 1 heterocycles. The highest BCUT2D eigenvalue weighted by atomic mass is 35.5. The summed E-state index contributed by atoms with van der Waals surface area (Å²) in [6.45, 7) is 0.183. The summed E-state index contributed by atoms with van der Waals surface area (Å²) in [5, 5.41) is 3.77. The summed E-state index contributed by atoms with van der Waals surface area (Å²) in [7, 11) is 0. The molecule has 0 fully saturated rings. The van der Waals surface area contributed by atoms with Gasteiger partial charge in [-0.05, 0) is 35.7 Å². The van der Waals surface area contributed by atoms with Gasteiger partial charge in [-0.1, -0.05) is 29.8 Å². The van der Waals surface area contributed by atoms with Crippen molar-refractivity contribution in [2.75, 3.05) is 5.32 Å². The van der Waals surface area contributed by atoms with Gasteiger partial charge in [0.1, 0.15) is 12.4 Å². The third-order valence-electron chi connectivity index (χ3n) is 3.20. The summed E-state index contributed by atoms with van der Waals surface area (Å²) in [5.41, 5.74) is 1.47. The van der Waals surface area contributed by atoms with Crippen LogP contribution in [0.5, 0.6) is 0 Å². The van der Waals surface area contributed by atoms with Crippen molar-refractivity contribution in [2.45, 2.75) is 6.54 Å². The van der Waals surface area contributed by atoms with E-state index in [0.29, 0.717) is 5.69 Å². The Hall–Kier alpha value is -2.33. The molecule has 0 radical (unpaired) electrons. The van der Waals surface area contributed by atoms with Gasteiger partial charge in [0.15, 0.2) is 0 Å². The number of para-hydroxylation sites is 1. The number of hydrogen-bond donors (Lipinski definition) is 1. The molecule has 3 aromatic rings. The van der Waals surface area contributed by atoms with Crippen LogP contribution in [-0.2, 0) is 11.3 Å². The number of amides is 1. The zero-order chi connectivity index (χ0) is 14.8. The second-order valence-corrected chi connectivity index (χ2v) is 5.09. The minimum Gasteiger partial charge on any atom is -0.338 e. The summed E-state index contributed by atoms with van der Waals surface area (Å²) >= 11 is 5.69. The molecule has 1 amide bonds. The lowest BCUT2D eigenvalue weighted by Crippen LogP contribution is -2.18. The number of carbonyl (C=O) groups is 1. The monoisotopic (exact) mass is 302 g/mol. The van der Waals surface area contributed by atoms with Crippen LogP contribution in [0, 0.1) is 5.82 Å². The van der Waals surface area contributed by atoms with Crippen LogP contribution < -0.4 is 5.32 Å². The Bertz CT molecular complexity index is 813. The third-order valence-corrected chi connectivity index (χ3v) is 3.49. The Morgan fingerprint density at radius 3 is 2.81 bits per heavy atom. The van der Waals surface area contributed by atoms with Gasteiger partial charge in [-0.15, -0.1) is 0 Å². The first-order valence-corrected chi connectivity index (χ1v) is 6.80. The quantitative estimate of drug-likeness (QED) is 0.777. The van der Waals surface area contributed by atoms with Gasteiger partial charge in [0.25, 0.3) is 0 Å². The van der Waals surface area contributed by atoms with E-state index in [1.54, 1.807) is 0 Å². The van der Waals surface area contributed by atoms with Crippen molar-refractivity contribution in [3.8, 4) is 0 Å². The smallest absolute Gasteiger partial charge is 0.244 e. The molecule has 2 aromatic carbocycles. The van der Waals surface area contributed by atoms with E-state index < -0.39 is 5.82 Å². The van der Waals surface area contributed by atoms with Gasteiger partial charge in [-0.25, -0.2) is 4.39 Å². The fraction of sp³-hybridized carbons (Fsp3) is 0.0625. The van der Waals surface area contributed by atoms with Gasteiger partial charge < -0.3 is 9.88 Å². The van der Waals surface area contributed by atoms with Gasteiger partial charge >= 0.3 is 0 Å². The van der Waals surface area contributed by atoms with Gasteiger partial charge in [-0.3, -0.25) is 4.79 Å². The molecule has 0 aliphatic heterocycles. The van der Waals surface area contributed by atoms with Gasteiger partial charge in [-0.2, -0.15) is 0 Å². The fourth-order valence-electron chi connectivity index (χ4n) is 2.21. The van der Waals surface area contributed by atoms with Crippen LogP contribution in [0.25, 0.3) is 10.9 Å². The number of hydrogen-bond acceptors (Lipinski definition) is 1. The second-order valence-electron chi connectivity index (χ2n) is 4.68. The largest absolute Gasteiger partial charge is 0.338 e. The van der Waals surface area contributed by atoms with Crippen LogP contribution in [0.2, 0.25) is 5.02 Å². The van der Waals surface area contributed by atoms with Crippen molar-refractivity contribution in [1.29, 1.82) is 0 Å². The van der Waals surface area contributed by atoms with Gasteiger partial charge in [0.05, 0.1) is 5.02 Å². The molecule has 3 rings (SSSR count). The molecule has 1 N–H and O–H groups in total. The minimum absolute atomic E-state index is 0.0146. The highest BCUT2D eigenvalue weighted by Gasteiger charge is 2.08. The van der Waals surface area contributed by atoms with E-state index in [0.717, 1.165) is 10.9 Å². The first kappa shape index (κ1) is 13.6. The molecule has 0 unspecified atom stereocenters. The molecule has 0 spiro atoms. The zero-order valence-corrected chi connectivity index (χ0v) is 11.8. The first-order valence-electron chi connectivity index (χ1n) is 6.42. The van der Waals surface area contributed by atoms with Crippen molar-refractivity contribution in [2.24, 2.45) is 0 Å². The van der Waals surface area contributed by atoms with E-state index in [1.807, 2.05) is 41.1 Å². The first-order chi connectivity index (χ1) is 10.1. The lowest BCUT2D eigenvalue weighted by molar-refractivity contribution is -0.116. The topological polar surface area (TPSA) is 34.0 Å². The van der Waals surface area contributed by atoms with E-state index >= 15 is 0 Å². The lowest BCUT2D eigenvalue weighted by atomic mass is 10.2. The Balaban J connectivity index is 1.75. The molecule has 0 bridgehead atoms. The van der Waals surface area contributed by atoms with Crippen LogP contribution in [0.3, 0.4) is 0 Å². The Labute approximate surface area is 125 Å². The molecule has 0 atom stereocenters. The Morgan fingerprint density at radius 2 is 2.00 bits per heavy atom. The lowest BCUT2D eigenvalue weighted by Gasteiger charge is -2.08. The average Bonchev–Trinajstić information content (AvgIpc) is 2.86. The standard InChI is InChI=1S/C16H12ClFN2O/c17-13-9-12(5-6-14(13)18)19-16(21)10-20-8-7-11-3-1-2-4-15(11)20/h1-9H,10H2,(H,19,21). The highest BCUT2D eigenvalue weighted by Crippen LogP contribution is 2.20. The normalized spacial score (nSPS) is 10.8. The molecule has 0 saturated carbocycles. The SMILES string of the molecule is O=C(Cn1ccc2ccccc21)Nc1ccc(F)c(Cl)c1. The van der Waals surface area contributed by atoms with E-state index in [1.165, 1.54) is 18.2 Å². The summed E-state index contributed by atoms with van der Waals surface area (Å²) in [6, 6.07) is 13.9. The van der Waals surface area contributed by atoms with E-state index in [-0.39, 0.29) is 17.5 Å². The average molecular weight is 303 g/mol. The van der Waals surface area contributed by atoms with E-state index in [9.17, 15) is 9.18 Å². The number of carbonyl (C=O) groups excluding carboxylic acids is 1. The second kappa shape index (κ2) is 5.58. The minimum atomic E-state index is -0.508. The molecular weight excluding hydrogens is 291 g/mol. The maximum absolute atomic E-state index is 13.1. The summed E-state index contributed by atoms with van der Waals surface area (Å²) < 4.78 is 14.9. The molecular formula is C16H12ClFN2O. The summed E-state index contributed by atoms with van der Waals surface area (Å²) in [4.78, 5) is 12.1. The van der Waals surface area contributed by atoms with Crippen molar-refractivity contribution in [1.82, 2.24) is 4.57 Å². The maximum atomic E-state index is 13.1. The van der Waals surface area contributed by atoms with Crippen molar-refractivity contribution >= 4 is 34.1 Å². The number of fused-ring (bicyclic) bond motifs is 1. The molecule has 3 nitrogen and oxygen atoms in total. The van der Waals surface area contributed by atoms with Crippen molar-refractivity contribution < 1.29 is 9.18 Å². The molecule has 5 heteroatoms. The molecule has 0 aliphatic carbocycles. The predicted molar refractivity (Wildman–Crippen MR) is 82.0 cm³/mol. The van der Waals surface area contributed by atoms with Crippen LogP contribution in [-0.4, -0.2) is 10.5 Å². The van der Waals surface area contributed by atoms with Crippen LogP contribution in [0.15, 0.2) is 54.7 Å². The fourth-order valence-corrected chi connectivity index (χ4v) is 2.39. The highest BCUT2D eigenvalue weighted by molar-refractivity contribution is 6.31.